The molecule has 0 unspecified atom stereocenters. The van der Waals surface area contributed by atoms with E-state index in [0.29, 0.717) is 16.6 Å². The molecule has 0 aliphatic heterocycles. The van der Waals surface area contributed by atoms with Crippen LogP contribution < -0.4 is 5.73 Å². The molecule has 0 heterocycles. The van der Waals surface area contributed by atoms with E-state index in [-0.39, 0.29) is 6.04 Å². The summed E-state index contributed by atoms with van der Waals surface area (Å²) in [6.45, 7) is 6.67. The van der Waals surface area contributed by atoms with Gasteiger partial charge in [-0.1, -0.05) is 49.2 Å². The Morgan fingerprint density at radius 1 is 1.25 bits per heavy atom. The van der Waals surface area contributed by atoms with Crippen molar-refractivity contribution in [2.75, 3.05) is 19.6 Å². The molecule has 0 radical (unpaired) electrons. The van der Waals surface area contributed by atoms with Crippen molar-refractivity contribution in [3.63, 3.8) is 0 Å². The van der Waals surface area contributed by atoms with Gasteiger partial charge in [-0.15, -0.1) is 0 Å². The highest BCUT2D eigenvalue weighted by molar-refractivity contribution is 6.42. The first-order valence-electron chi connectivity index (χ1n) is 5.53. The lowest BCUT2D eigenvalue weighted by Crippen LogP contribution is -2.33. The number of nitrogens with two attached hydrogens (primary N) is 1. The van der Waals surface area contributed by atoms with E-state index in [1.165, 1.54) is 0 Å². The third kappa shape index (κ3) is 2.89. The zero-order chi connectivity index (χ0) is 12.1. The van der Waals surface area contributed by atoms with E-state index in [9.17, 15) is 0 Å². The summed E-state index contributed by atoms with van der Waals surface area (Å²) < 4.78 is 0. The Morgan fingerprint density at radius 2 is 1.88 bits per heavy atom. The maximum absolute atomic E-state index is 6.21. The highest BCUT2D eigenvalue weighted by Crippen LogP contribution is 2.32. The smallest absolute Gasteiger partial charge is 0.0640 e. The molecule has 0 saturated carbocycles. The molecule has 2 N–H and O–H groups in total. The lowest BCUT2D eigenvalue weighted by molar-refractivity contribution is 0.224. The summed E-state index contributed by atoms with van der Waals surface area (Å²) in [5.41, 5.74) is 6.85. The molecule has 4 heteroatoms. The Morgan fingerprint density at radius 3 is 2.38 bits per heavy atom. The molecule has 16 heavy (non-hydrogen) atoms. The molecular formula is C12H18Cl2N2. The Bertz CT molecular complexity index is 338. The van der Waals surface area contributed by atoms with Crippen LogP contribution in [0.3, 0.4) is 0 Å². The van der Waals surface area contributed by atoms with E-state index in [1.54, 1.807) is 6.07 Å². The molecule has 1 rings (SSSR count). The molecule has 1 aromatic carbocycles. The molecule has 0 aliphatic rings. The Labute approximate surface area is 107 Å². The summed E-state index contributed by atoms with van der Waals surface area (Å²) >= 11 is 12.2. The summed E-state index contributed by atoms with van der Waals surface area (Å²) in [7, 11) is 0. The Hall–Kier alpha value is -0.280. The summed E-state index contributed by atoms with van der Waals surface area (Å²) in [5, 5.41) is 1.20. The van der Waals surface area contributed by atoms with E-state index in [4.69, 9.17) is 28.9 Å². The van der Waals surface area contributed by atoms with Crippen molar-refractivity contribution in [2.45, 2.75) is 19.9 Å². The minimum absolute atomic E-state index is 0.140. The van der Waals surface area contributed by atoms with Gasteiger partial charge in [-0.2, -0.15) is 0 Å². The minimum atomic E-state index is 0.140. The predicted octanol–water partition coefficient (Wildman–Crippen LogP) is 3.34. The van der Waals surface area contributed by atoms with Gasteiger partial charge in [0.15, 0.2) is 0 Å². The first-order valence-corrected chi connectivity index (χ1v) is 6.29. The largest absolute Gasteiger partial charge is 0.329 e. The van der Waals surface area contributed by atoms with E-state index in [0.717, 1.165) is 18.7 Å². The Kier molecular flexibility index (Phi) is 5.56. The molecule has 0 aliphatic carbocycles. The standard InChI is InChI=1S/C12H18Cl2N2/c1-3-16(4-2)11(8-15)9-6-5-7-10(13)12(9)14/h5-7,11H,3-4,8,15H2,1-2H3/t11-/m0/s1. The molecular weight excluding hydrogens is 243 g/mol. The molecule has 1 aromatic rings. The highest BCUT2D eigenvalue weighted by Gasteiger charge is 2.19. The molecule has 0 amide bonds. The van der Waals surface area contributed by atoms with Gasteiger partial charge in [0.1, 0.15) is 0 Å². The fourth-order valence-corrected chi connectivity index (χ4v) is 2.35. The van der Waals surface area contributed by atoms with E-state index >= 15 is 0 Å². The van der Waals surface area contributed by atoms with Gasteiger partial charge in [-0.05, 0) is 24.7 Å². The lowest BCUT2D eigenvalue weighted by atomic mass is 10.1. The van der Waals surface area contributed by atoms with Crippen LogP contribution in [-0.2, 0) is 0 Å². The van der Waals surface area contributed by atoms with Crippen LogP contribution in [0.4, 0.5) is 0 Å². The van der Waals surface area contributed by atoms with Gasteiger partial charge < -0.3 is 5.73 Å². The van der Waals surface area contributed by atoms with Crippen molar-refractivity contribution in [2.24, 2.45) is 5.73 Å². The first-order chi connectivity index (χ1) is 7.65. The molecule has 0 spiro atoms. The number of rotatable bonds is 5. The van der Waals surface area contributed by atoms with Crippen LogP contribution in [0, 0.1) is 0 Å². The normalized spacial score (nSPS) is 13.1. The quantitative estimate of drug-likeness (QED) is 0.880. The maximum Gasteiger partial charge on any atom is 0.0640 e. The maximum atomic E-state index is 6.21. The van der Waals surface area contributed by atoms with Gasteiger partial charge in [-0.25, -0.2) is 0 Å². The van der Waals surface area contributed by atoms with Gasteiger partial charge in [0.2, 0.25) is 0 Å². The molecule has 1 atom stereocenters. The third-order valence-corrected chi connectivity index (χ3v) is 3.65. The second-order valence-corrected chi connectivity index (χ2v) is 4.40. The molecule has 0 fully saturated rings. The summed E-state index contributed by atoms with van der Waals surface area (Å²) in [5.74, 6) is 0. The van der Waals surface area contributed by atoms with Crippen molar-refractivity contribution in [3.8, 4) is 0 Å². The Balaban J connectivity index is 3.07. The predicted molar refractivity (Wildman–Crippen MR) is 71.2 cm³/mol. The SMILES string of the molecule is CCN(CC)[C@@H](CN)c1cccc(Cl)c1Cl. The van der Waals surface area contributed by atoms with Crippen LogP contribution >= 0.6 is 23.2 Å². The van der Waals surface area contributed by atoms with Crippen LogP contribution in [0.5, 0.6) is 0 Å². The fraction of sp³-hybridized carbons (Fsp3) is 0.500. The van der Waals surface area contributed by atoms with Crippen molar-refractivity contribution < 1.29 is 0 Å². The van der Waals surface area contributed by atoms with Crippen LogP contribution in [0.1, 0.15) is 25.5 Å². The van der Waals surface area contributed by atoms with Crippen molar-refractivity contribution >= 4 is 23.2 Å². The number of nitrogens with zero attached hydrogens (tertiary/aromatic N) is 1. The van der Waals surface area contributed by atoms with Crippen LogP contribution in [-0.4, -0.2) is 24.5 Å². The van der Waals surface area contributed by atoms with E-state index in [1.807, 2.05) is 12.1 Å². The summed E-state index contributed by atoms with van der Waals surface area (Å²) in [6, 6.07) is 5.84. The highest BCUT2D eigenvalue weighted by atomic mass is 35.5. The number of benzene rings is 1. The minimum Gasteiger partial charge on any atom is -0.329 e. The second-order valence-electron chi connectivity index (χ2n) is 3.62. The number of halogens is 2. The van der Waals surface area contributed by atoms with Crippen molar-refractivity contribution in [3.05, 3.63) is 33.8 Å². The van der Waals surface area contributed by atoms with Crippen molar-refractivity contribution in [1.29, 1.82) is 0 Å². The average Bonchev–Trinajstić information content (AvgIpc) is 2.30. The fourth-order valence-electron chi connectivity index (χ4n) is 1.91. The summed E-state index contributed by atoms with van der Waals surface area (Å²) in [6.07, 6.45) is 0. The number of hydrogen-bond acceptors (Lipinski definition) is 2. The topological polar surface area (TPSA) is 29.3 Å². The summed E-state index contributed by atoms with van der Waals surface area (Å²) in [4.78, 5) is 2.28. The first kappa shape index (κ1) is 13.8. The zero-order valence-electron chi connectivity index (χ0n) is 9.71. The van der Waals surface area contributed by atoms with E-state index < -0.39 is 0 Å². The zero-order valence-corrected chi connectivity index (χ0v) is 11.2. The average molecular weight is 261 g/mol. The number of likely N-dealkylation sites (N-methyl/N-ethyl adjacent to an activating group) is 1. The molecule has 0 saturated heterocycles. The molecule has 0 bridgehead atoms. The molecule has 0 aromatic heterocycles. The van der Waals surface area contributed by atoms with Crippen LogP contribution in [0.2, 0.25) is 10.0 Å². The van der Waals surface area contributed by atoms with Gasteiger partial charge in [-0.3, -0.25) is 4.90 Å². The van der Waals surface area contributed by atoms with Gasteiger partial charge in [0, 0.05) is 12.6 Å². The number of hydrogen-bond donors (Lipinski definition) is 1. The van der Waals surface area contributed by atoms with Gasteiger partial charge in [0.25, 0.3) is 0 Å². The van der Waals surface area contributed by atoms with Crippen LogP contribution in [0.25, 0.3) is 0 Å². The van der Waals surface area contributed by atoms with Gasteiger partial charge >= 0.3 is 0 Å². The lowest BCUT2D eigenvalue weighted by Gasteiger charge is -2.29. The van der Waals surface area contributed by atoms with E-state index in [2.05, 4.69) is 18.7 Å². The second kappa shape index (κ2) is 6.45. The molecule has 90 valence electrons. The molecule has 2 nitrogen and oxygen atoms in total. The van der Waals surface area contributed by atoms with Gasteiger partial charge in [0.05, 0.1) is 10.0 Å². The van der Waals surface area contributed by atoms with Crippen LogP contribution in [0.15, 0.2) is 18.2 Å². The monoisotopic (exact) mass is 260 g/mol. The van der Waals surface area contributed by atoms with Crippen molar-refractivity contribution in [1.82, 2.24) is 4.90 Å². The third-order valence-electron chi connectivity index (χ3n) is 2.82.